The second kappa shape index (κ2) is 5.37. The third-order valence-electron chi connectivity index (χ3n) is 2.30. The fraction of sp³-hybridized carbons (Fsp3) is 0.364. The van der Waals surface area contributed by atoms with Gasteiger partial charge in [0.2, 0.25) is 0 Å². The van der Waals surface area contributed by atoms with Crippen LogP contribution in [0.25, 0.3) is 0 Å². The summed E-state index contributed by atoms with van der Waals surface area (Å²) >= 11 is 0. The Morgan fingerprint density at radius 2 is 1.94 bits per heavy atom. The summed E-state index contributed by atoms with van der Waals surface area (Å²) in [4.78, 5) is 11.7. The number of benzene rings is 1. The van der Waals surface area contributed by atoms with Gasteiger partial charge in [0.15, 0.2) is 0 Å². The maximum Gasteiger partial charge on any atom is 0.259 e. The van der Waals surface area contributed by atoms with Crippen LogP contribution in [0.5, 0.6) is 11.5 Å². The monoisotopic (exact) mass is 225 g/mol. The molecule has 0 aliphatic heterocycles. The third kappa shape index (κ3) is 2.64. The predicted molar refractivity (Wildman–Crippen MR) is 58.4 cm³/mol. The Balaban J connectivity index is 2.88. The lowest BCUT2D eigenvalue weighted by Crippen LogP contribution is -2.36. The van der Waals surface area contributed by atoms with E-state index in [1.807, 2.05) is 6.92 Å². The minimum absolute atomic E-state index is 0.172. The van der Waals surface area contributed by atoms with E-state index in [0.717, 1.165) is 0 Å². The van der Waals surface area contributed by atoms with Gasteiger partial charge in [0.1, 0.15) is 17.1 Å². The first kappa shape index (κ1) is 12.3. The smallest absolute Gasteiger partial charge is 0.259 e. The molecule has 0 heterocycles. The zero-order valence-electron chi connectivity index (χ0n) is 8.97. The molecule has 1 rings (SSSR count). The van der Waals surface area contributed by atoms with Crippen molar-refractivity contribution in [3.63, 3.8) is 0 Å². The number of aromatic hydroxyl groups is 2. The van der Waals surface area contributed by atoms with Gasteiger partial charge in [-0.25, -0.2) is 0 Å². The number of carbonyl (C=O) groups is 1. The number of amides is 1. The fourth-order valence-electron chi connectivity index (χ4n) is 1.30. The zero-order chi connectivity index (χ0) is 12.1. The molecule has 5 heteroatoms. The molecular weight excluding hydrogens is 210 g/mol. The van der Waals surface area contributed by atoms with E-state index in [9.17, 15) is 15.0 Å². The molecule has 0 radical (unpaired) electrons. The van der Waals surface area contributed by atoms with Crippen LogP contribution >= 0.6 is 0 Å². The molecule has 1 atom stereocenters. The summed E-state index contributed by atoms with van der Waals surface area (Å²) in [5.41, 5.74) is -0.172. The van der Waals surface area contributed by atoms with Crippen molar-refractivity contribution >= 4 is 5.91 Å². The maximum absolute atomic E-state index is 11.7. The van der Waals surface area contributed by atoms with Crippen molar-refractivity contribution in [2.45, 2.75) is 19.4 Å². The molecule has 0 saturated carbocycles. The molecule has 0 bridgehead atoms. The number of rotatable bonds is 4. The molecule has 1 amide bonds. The number of phenols is 2. The van der Waals surface area contributed by atoms with E-state index in [1.165, 1.54) is 18.2 Å². The van der Waals surface area contributed by atoms with Gasteiger partial charge in [0.05, 0.1) is 12.6 Å². The van der Waals surface area contributed by atoms with Crippen molar-refractivity contribution < 1.29 is 20.1 Å². The zero-order valence-corrected chi connectivity index (χ0v) is 8.97. The third-order valence-corrected chi connectivity index (χ3v) is 2.30. The van der Waals surface area contributed by atoms with Crippen LogP contribution in [-0.4, -0.2) is 33.9 Å². The van der Waals surface area contributed by atoms with E-state index in [-0.39, 0.29) is 29.7 Å². The Morgan fingerprint density at radius 1 is 1.38 bits per heavy atom. The van der Waals surface area contributed by atoms with Crippen molar-refractivity contribution in [3.05, 3.63) is 23.8 Å². The second-order valence-electron chi connectivity index (χ2n) is 3.43. The number of aliphatic hydroxyl groups is 1. The topological polar surface area (TPSA) is 89.8 Å². The van der Waals surface area contributed by atoms with Crippen molar-refractivity contribution in [3.8, 4) is 11.5 Å². The van der Waals surface area contributed by atoms with Gasteiger partial charge in [0.25, 0.3) is 5.91 Å². The maximum atomic E-state index is 11.7. The molecule has 1 aromatic carbocycles. The van der Waals surface area contributed by atoms with E-state index in [1.54, 1.807) is 0 Å². The number of carbonyl (C=O) groups excluding carboxylic acids is 1. The molecule has 5 nitrogen and oxygen atoms in total. The van der Waals surface area contributed by atoms with Crippen LogP contribution in [0, 0.1) is 0 Å². The van der Waals surface area contributed by atoms with E-state index >= 15 is 0 Å². The molecule has 1 aromatic rings. The van der Waals surface area contributed by atoms with E-state index in [0.29, 0.717) is 6.42 Å². The van der Waals surface area contributed by atoms with Crippen molar-refractivity contribution in [2.24, 2.45) is 0 Å². The number of nitrogens with one attached hydrogen (secondary N) is 1. The Morgan fingerprint density at radius 3 is 2.38 bits per heavy atom. The summed E-state index contributed by atoms with van der Waals surface area (Å²) in [6.07, 6.45) is 0.566. The summed E-state index contributed by atoms with van der Waals surface area (Å²) in [5, 5.41) is 30.3. The molecule has 0 fully saturated rings. The Labute approximate surface area is 93.4 Å². The quantitative estimate of drug-likeness (QED) is 0.604. The van der Waals surface area contributed by atoms with Crippen LogP contribution in [0.3, 0.4) is 0 Å². The van der Waals surface area contributed by atoms with Crippen LogP contribution in [0.1, 0.15) is 23.7 Å². The lowest BCUT2D eigenvalue weighted by atomic mass is 10.1. The highest BCUT2D eigenvalue weighted by molar-refractivity contribution is 5.99. The molecule has 0 aromatic heterocycles. The number of aliphatic hydroxyl groups excluding tert-OH is 1. The van der Waals surface area contributed by atoms with Gasteiger partial charge in [-0.1, -0.05) is 13.0 Å². The average Bonchev–Trinajstić information content (AvgIpc) is 2.25. The van der Waals surface area contributed by atoms with Gasteiger partial charge in [0, 0.05) is 0 Å². The first-order valence-electron chi connectivity index (χ1n) is 5.02. The molecular formula is C11H15NO4. The highest BCUT2D eigenvalue weighted by atomic mass is 16.3. The van der Waals surface area contributed by atoms with Crippen LogP contribution in [-0.2, 0) is 0 Å². The lowest BCUT2D eigenvalue weighted by molar-refractivity contribution is 0.0909. The number of hydrogen-bond donors (Lipinski definition) is 4. The minimum Gasteiger partial charge on any atom is -0.507 e. The normalized spacial score (nSPS) is 12.1. The number of phenolic OH excluding ortho intramolecular Hbond substituents is 2. The largest absolute Gasteiger partial charge is 0.507 e. The summed E-state index contributed by atoms with van der Waals surface area (Å²) in [5.74, 6) is -1.17. The summed E-state index contributed by atoms with van der Waals surface area (Å²) < 4.78 is 0. The van der Waals surface area contributed by atoms with E-state index < -0.39 is 5.91 Å². The second-order valence-corrected chi connectivity index (χ2v) is 3.43. The highest BCUT2D eigenvalue weighted by Gasteiger charge is 2.18. The first-order chi connectivity index (χ1) is 7.60. The predicted octanol–water partition coefficient (Wildman–Crippen LogP) is 0.599. The van der Waals surface area contributed by atoms with Crippen LogP contribution in [0.2, 0.25) is 0 Å². The molecule has 4 N–H and O–H groups in total. The highest BCUT2D eigenvalue weighted by Crippen LogP contribution is 2.25. The molecule has 0 saturated heterocycles. The van der Waals surface area contributed by atoms with Crippen molar-refractivity contribution in [1.29, 1.82) is 0 Å². The van der Waals surface area contributed by atoms with Crippen LogP contribution < -0.4 is 5.32 Å². The first-order valence-corrected chi connectivity index (χ1v) is 5.02. The van der Waals surface area contributed by atoms with Crippen LogP contribution in [0.15, 0.2) is 18.2 Å². The summed E-state index contributed by atoms with van der Waals surface area (Å²) in [6, 6.07) is 3.68. The van der Waals surface area contributed by atoms with Gasteiger partial charge in [-0.15, -0.1) is 0 Å². The van der Waals surface area contributed by atoms with Gasteiger partial charge in [-0.3, -0.25) is 4.79 Å². The van der Waals surface area contributed by atoms with Gasteiger partial charge in [-0.05, 0) is 18.6 Å². The molecule has 0 unspecified atom stereocenters. The van der Waals surface area contributed by atoms with Crippen molar-refractivity contribution in [1.82, 2.24) is 5.32 Å². The Bertz CT molecular complexity index is 354. The molecule has 0 spiro atoms. The molecule has 0 aliphatic rings. The molecule has 88 valence electrons. The molecule has 0 aliphatic carbocycles. The van der Waals surface area contributed by atoms with Gasteiger partial charge >= 0.3 is 0 Å². The summed E-state index contributed by atoms with van der Waals surface area (Å²) in [6.45, 7) is 1.63. The number of hydrogen-bond acceptors (Lipinski definition) is 4. The van der Waals surface area contributed by atoms with Crippen molar-refractivity contribution in [2.75, 3.05) is 6.61 Å². The van der Waals surface area contributed by atoms with E-state index in [2.05, 4.69) is 5.32 Å². The molecule has 16 heavy (non-hydrogen) atoms. The minimum atomic E-state index is -0.600. The van der Waals surface area contributed by atoms with Gasteiger partial charge < -0.3 is 20.6 Å². The SMILES string of the molecule is CC[C@@H](CO)NC(=O)c1c(O)cccc1O. The Hall–Kier alpha value is -1.75. The Kier molecular flexibility index (Phi) is 4.13. The fourth-order valence-corrected chi connectivity index (χ4v) is 1.30. The lowest BCUT2D eigenvalue weighted by Gasteiger charge is -2.15. The standard InChI is InChI=1S/C11H15NO4/c1-2-7(6-13)12-11(16)10-8(14)4-3-5-9(10)15/h3-5,7,13-15H,2,6H2,1H3,(H,12,16)/t7-/m0/s1. The van der Waals surface area contributed by atoms with E-state index in [4.69, 9.17) is 5.11 Å². The van der Waals surface area contributed by atoms with Crippen LogP contribution in [0.4, 0.5) is 0 Å². The average molecular weight is 225 g/mol. The van der Waals surface area contributed by atoms with Gasteiger partial charge in [-0.2, -0.15) is 0 Å². The summed E-state index contributed by atoms with van der Waals surface area (Å²) in [7, 11) is 0.